The fourth-order valence-electron chi connectivity index (χ4n) is 2.03. The van der Waals surface area contributed by atoms with Crippen LogP contribution in [0.15, 0.2) is 15.8 Å². The van der Waals surface area contributed by atoms with E-state index in [2.05, 4.69) is 10.1 Å². The topological polar surface area (TPSA) is 72.7 Å². The molecule has 6 nitrogen and oxygen atoms in total. The quantitative estimate of drug-likeness (QED) is 0.855. The summed E-state index contributed by atoms with van der Waals surface area (Å²) in [6, 6.07) is 0. The minimum Gasteiger partial charge on any atom is -0.297 e. The van der Waals surface area contributed by atoms with Crippen molar-refractivity contribution in [2.24, 2.45) is 7.05 Å². The first kappa shape index (κ1) is 13.6. The maximum atomic E-state index is 12.3. The van der Waals surface area contributed by atoms with Gasteiger partial charge in [0.1, 0.15) is 5.15 Å². The van der Waals surface area contributed by atoms with Gasteiger partial charge in [-0.05, 0) is 12.8 Å². The van der Waals surface area contributed by atoms with Gasteiger partial charge in [0.2, 0.25) is 0 Å². The molecule has 0 unspecified atom stereocenters. The van der Waals surface area contributed by atoms with Gasteiger partial charge in [-0.15, -0.1) is 0 Å². The fourth-order valence-corrected chi connectivity index (χ4v) is 2.33. The van der Waals surface area contributed by atoms with Crippen molar-refractivity contribution in [1.29, 1.82) is 0 Å². The van der Waals surface area contributed by atoms with Crippen LogP contribution in [0.2, 0.25) is 5.15 Å². The van der Waals surface area contributed by atoms with Crippen LogP contribution in [0.3, 0.4) is 0 Å². The molecule has 2 aromatic heterocycles. The van der Waals surface area contributed by atoms with Gasteiger partial charge in [0, 0.05) is 13.2 Å². The number of rotatable bonds is 3. The summed E-state index contributed by atoms with van der Waals surface area (Å²) in [5, 5.41) is 4.34. The molecule has 19 heavy (non-hydrogen) atoms. The maximum absolute atomic E-state index is 12.3. The third kappa shape index (κ3) is 2.23. The second-order valence-electron chi connectivity index (χ2n) is 4.21. The van der Waals surface area contributed by atoms with E-state index in [0.29, 0.717) is 29.8 Å². The third-order valence-corrected chi connectivity index (χ3v) is 3.28. The lowest BCUT2D eigenvalue weighted by molar-refractivity contribution is 0.746. The van der Waals surface area contributed by atoms with Crippen molar-refractivity contribution in [1.82, 2.24) is 19.3 Å². The van der Waals surface area contributed by atoms with E-state index in [1.807, 2.05) is 13.8 Å². The van der Waals surface area contributed by atoms with Gasteiger partial charge in [-0.25, -0.2) is 9.36 Å². The average Bonchev–Trinajstić information content (AvgIpc) is 2.70. The van der Waals surface area contributed by atoms with E-state index in [9.17, 15) is 9.59 Å². The molecule has 0 saturated carbocycles. The van der Waals surface area contributed by atoms with Crippen LogP contribution in [-0.2, 0) is 19.9 Å². The first-order chi connectivity index (χ1) is 8.99. The summed E-state index contributed by atoms with van der Waals surface area (Å²) >= 11 is 5.88. The number of halogens is 1. The number of hydrogen-bond donors (Lipinski definition) is 1. The summed E-state index contributed by atoms with van der Waals surface area (Å²) in [4.78, 5) is 26.8. The molecular formula is C12H15ClN4O2. The molecule has 0 amide bonds. The Kier molecular flexibility index (Phi) is 3.61. The molecule has 0 aliphatic rings. The minimum atomic E-state index is -0.546. The Bertz CT molecular complexity index is 726. The van der Waals surface area contributed by atoms with Crippen LogP contribution in [0.25, 0.3) is 5.69 Å². The Labute approximate surface area is 114 Å². The summed E-state index contributed by atoms with van der Waals surface area (Å²) in [5.74, 6) is 0. The Morgan fingerprint density at radius 1 is 1.32 bits per heavy atom. The number of aryl methyl sites for hydroxylation is 2. The van der Waals surface area contributed by atoms with E-state index < -0.39 is 5.69 Å². The first-order valence-corrected chi connectivity index (χ1v) is 6.44. The van der Waals surface area contributed by atoms with Crippen LogP contribution in [0.1, 0.15) is 25.1 Å². The zero-order chi connectivity index (χ0) is 14.2. The average molecular weight is 283 g/mol. The van der Waals surface area contributed by atoms with Crippen LogP contribution < -0.4 is 11.2 Å². The maximum Gasteiger partial charge on any atom is 0.334 e. The van der Waals surface area contributed by atoms with Crippen molar-refractivity contribution in [3.05, 3.63) is 43.4 Å². The first-order valence-electron chi connectivity index (χ1n) is 6.06. The predicted molar refractivity (Wildman–Crippen MR) is 73.2 cm³/mol. The number of aromatic amines is 1. The van der Waals surface area contributed by atoms with Crippen molar-refractivity contribution in [2.45, 2.75) is 26.7 Å². The molecule has 0 aliphatic heterocycles. The van der Waals surface area contributed by atoms with Crippen molar-refractivity contribution in [3.8, 4) is 5.69 Å². The van der Waals surface area contributed by atoms with Crippen molar-refractivity contribution in [3.63, 3.8) is 0 Å². The Morgan fingerprint density at radius 2 is 2.00 bits per heavy atom. The van der Waals surface area contributed by atoms with Crippen molar-refractivity contribution < 1.29 is 0 Å². The lowest BCUT2D eigenvalue weighted by Gasteiger charge is -2.07. The third-order valence-electron chi connectivity index (χ3n) is 2.96. The van der Waals surface area contributed by atoms with Gasteiger partial charge in [0.05, 0.1) is 16.9 Å². The zero-order valence-electron chi connectivity index (χ0n) is 11.0. The van der Waals surface area contributed by atoms with Crippen molar-refractivity contribution in [2.75, 3.05) is 0 Å². The predicted octanol–water partition coefficient (Wildman–Crippen LogP) is 1.04. The molecule has 1 N–H and O–H groups in total. The number of nitrogens with zero attached hydrogens (tertiary/aromatic N) is 3. The molecule has 0 atom stereocenters. The van der Waals surface area contributed by atoms with E-state index in [1.165, 1.54) is 0 Å². The largest absolute Gasteiger partial charge is 0.334 e. The Balaban J connectivity index is 2.83. The summed E-state index contributed by atoms with van der Waals surface area (Å²) in [7, 11) is 1.75. The summed E-state index contributed by atoms with van der Waals surface area (Å²) < 4.78 is 2.68. The zero-order valence-corrected chi connectivity index (χ0v) is 11.8. The van der Waals surface area contributed by atoms with E-state index in [4.69, 9.17) is 11.6 Å². The standard InChI is InChI=1S/C12H15ClN4O2/c1-4-7-10(13)14-12(19)17(11(7)18)9-6-16(3)15-8(9)5-2/h6H,4-5H2,1-3H3,(H,14,19). The smallest absolute Gasteiger partial charge is 0.297 e. The van der Waals surface area contributed by atoms with Gasteiger partial charge in [0.15, 0.2) is 0 Å². The van der Waals surface area contributed by atoms with Gasteiger partial charge in [-0.3, -0.25) is 14.5 Å². The monoisotopic (exact) mass is 282 g/mol. The number of nitrogens with one attached hydrogen (secondary N) is 1. The highest BCUT2D eigenvalue weighted by Crippen LogP contribution is 2.12. The molecule has 0 spiro atoms. The van der Waals surface area contributed by atoms with Crippen molar-refractivity contribution >= 4 is 11.6 Å². The van der Waals surface area contributed by atoms with Crippen LogP contribution in [0, 0.1) is 0 Å². The van der Waals surface area contributed by atoms with Crippen LogP contribution in [-0.4, -0.2) is 19.3 Å². The molecule has 2 heterocycles. The normalized spacial score (nSPS) is 10.9. The van der Waals surface area contributed by atoms with Gasteiger partial charge >= 0.3 is 5.69 Å². The van der Waals surface area contributed by atoms with E-state index >= 15 is 0 Å². The second kappa shape index (κ2) is 5.05. The molecule has 2 aromatic rings. The summed E-state index contributed by atoms with van der Waals surface area (Å²) in [6.45, 7) is 3.73. The molecule has 2 rings (SSSR count). The SMILES string of the molecule is CCc1nn(C)cc1-n1c(=O)[nH]c(Cl)c(CC)c1=O. The summed E-state index contributed by atoms with van der Waals surface area (Å²) in [5.41, 5.74) is 0.656. The van der Waals surface area contributed by atoms with E-state index in [1.54, 1.807) is 17.9 Å². The molecule has 0 aliphatic carbocycles. The molecule has 7 heteroatoms. The Hall–Kier alpha value is -1.82. The molecule has 0 radical (unpaired) electrons. The fraction of sp³-hybridized carbons (Fsp3) is 0.417. The molecule has 0 saturated heterocycles. The van der Waals surface area contributed by atoms with Gasteiger partial charge in [-0.1, -0.05) is 25.4 Å². The molecule has 102 valence electrons. The van der Waals surface area contributed by atoms with Gasteiger partial charge in [0.25, 0.3) is 5.56 Å². The molecular weight excluding hydrogens is 268 g/mol. The van der Waals surface area contributed by atoms with E-state index in [-0.39, 0.29) is 10.7 Å². The Morgan fingerprint density at radius 3 is 2.58 bits per heavy atom. The molecule has 0 fully saturated rings. The highest BCUT2D eigenvalue weighted by molar-refractivity contribution is 6.30. The van der Waals surface area contributed by atoms with Crippen LogP contribution in [0.4, 0.5) is 0 Å². The van der Waals surface area contributed by atoms with Gasteiger partial charge < -0.3 is 0 Å². The highest BCUT2D eigenvalue weighted by Gasteiger charge is 2.16. The molecule has 0 bridgehead atoms. The summed E-state index contributed by atoms with van der Waals surface area (Å²) in [6.07, 6.45) is 2.74. The lowest BCUT2D eigenvalue weighted by Crippen LogP contribution is -2.36. The second-order valence-corrected chi connectivity index (χ2v) is 4.58. The lowest BCUT2D eigenvalue weighted by atomic mass is 10.2. The minimum absolute atomic E-state index is 0.107. The van der Waals surface area contributed by atoms with Gasteiger partial charge in [-0.2, -0.15) is 5.10 Å². The van der Waals surface area contributed by atoms with Crippen LogP contribution in [0.5, 0.6) is 0 Å². The number of H-pyrrole nitrogens is 1. The van der Waals surface area contributed by atoms with Crippen LogP contribution >= 0.6 is 11.6 Å². The number of hydrogen-bond acceptors (Lipinski definition) is 3. The number of aromatic nitrogens is 4. The highest BCUT2D eigenvalue weighted by atomic mass is 35.5. The van der Waals surface area contributed by atoms with E-state index in [0.717, 1.165) is 4.57 Å². The molecule has 0 aromatic carbocycles.